The first kappa shape index (κ1) is 21.0. The molecule has 2 saturated heterocycles. The molecule has 1 N–H and O–H groups in total. The van der Waals surface area contributed by atoms with Gasteiger partial charge in [0.25, 0.3) is 0 Å². The first-order chi connectivity index (χ1) is 12.5. The van der Waals surface area contributed by atoms with Crippen LogP contribution >= 0.6 is 0 Å². The molecule has 1 unspecified atom stereocenters. The number of nitrogens with one attached hydrogen (secondary N) is 1. The minimum atomic E-state index is -0.0902. The van der Waals surface area contributed by atoms with Gasteiger partial charge in [-0.2, -0.15) is 0 Å². The van der Waals surface area contributed by atoms with Crippen molar-refractivity contribution in [3.8, 4) is 0 Å². The molecule has 0 bridgehead atoms. The lowest BCUT2D eigenvalue weighted by Crippen LogP contribution is -2.52. The van der Waals surface area contributed by atoms with E-state index in [4.69, 9.17) is 9.47 Å². The Labute approximate surface area is 158 Å². The molecule has 0 amide bonds. The summed E-state index contributed by atoms with van der Waals surface area (Å²) < 4.78 is 11.1. The van der Waals surface area contributed by atoms with Gasteiger partial charge >= 0.3 is 5.97 Å². The Balaban J connectivity index is 1.82. The number of rotatable bonds is 6. The summed E-state index contributed by atoms with van der Waals surface area (Å²) in [6, 6.07) is 0. The largest absolute Gasteiger partial charge is 0.466 e. The van der Waals surface area contributed by atoms with Gasteiger partial charge in [0.2, 0.25) is 0 Å². The van der Waals surface area contributed by atoms with E-state index in [0.29, 0.717) is 19.1 Å². The van der Waals surface area contributed by atoms with E-state index in [1.165, 1.54) is 0 Å². The van der Waals surface area contributed by atoms with Gasteiger partial charge in [-0.3, -0.25) is 14.7 Å². The third kappa shape index (κ3) is 6.43. The molecule has 2 fully saturated rings. The minimum Gasteiger partial charge on any atom is -0.466 e. The third-order valence-electron chi connectivity index (χ3n) is 4.89. The SMILES string of the molecule is CCOC(=O)[C@@H]1CCCN(C(=NC)NCC2CN(CC(C)C)CCO2)C1. The van der Waals surface area contributed by atoms with Crippen LogP contribution in [0.25, 0.3) is 0 Å². The number of carbonyl (C=O) groups is 1. The molecule has 0 saturated carbocycles. The van der Waals surface area contributed by atoms with Gasteiger partial charge in [-0.15, -0.1) is 0 Å². The molecule has 26 heavy (non-hydrogen) atoms. The van der Waals surface area contributed by atoms with Crippen LogP contribution in [-0.2, 0) is 14.3 Å². The highest BCUT2D eigenvalue weighted by Crippen LogP contribution is 2.18. The Hall–Kier alpha value is -1.34. The van der Waals surface area contributed by atoms with Crippen molar-refractivity contribution < 1.29 is 14.3 Å². The average Bonchev–Trinajstić information content (AvgIpc) is 2.62. The number of esters is 1. The Kier molecular flexibility index (Phi) is 8.65. The van der Waals surface area contributed by atoms with E-state index < -0.39 is 0 Å². The molecule has 2 aliphatic heterocycles. The smallest absolute Gasteiger partial charge is 0.310 e. The van der Waals surface area contributed by atoms with Crippen molar-refractivity contribution in [1.29, 1.82) is 0 Å². The average molecular weight is 369 g/mol. The van der Waals surface area contributed by atoms with Crippen molar-refractivity contribution in [1.82, 2.24) is 15.1 Å². The fourth-order valence-electron chi connectivity index (χ4n) is 3.75. The maximum absolute atomic E-state index is 12.0. The molecule has 2 heterocycles. The molecular formula is C19H36N4O3. The Bertz CT molecular complexity index is 470. The Morgan fingerprint density at radius 1 is 1.35 bits per heavy atom. The second-order valence-corrected chi connectivity index (χ2v) is 7.61. The zero-order valence-electron chi connectivity index (χ0n) is 16.9. The van der Waals surface area contributed by atoms with Gasteiger partial charge in [0.1, 0.15) is 0 Å². The van der Waals surface area contributed by atoms with E-state index in [0.717, 1.165) is 58.1 Å². The lowest BCUT2D eigenvalue weighted by atomic mass is 9.98. The van der Waals surface area contributed by atoms with E-state index in [1.54, 1.807) is 7.05 Å². The van der Waals surface area contributed by atoms with Crippen LogP contribution in [0.3, 0.4) is 0 Å². The van der Waals surface area contributed by atoms with Crippen LogP contribution in [0.4, 0.5) is 0 Å². The van der Waals surface area contributed by atoms with Crippen molar-refractivity contribution in [2.24, 2.45) is 16.8 Å². The van der Waals surface area contributed by atoms with Gasteiger partial charge in [0, 0.05) is 46.3 Å². The van der Waals surface area contributed by atoms with Crippen LogP contribution < -0.4 is 5.32 Å². The molecule has 0 aromatic rings. The number of piperidine rings is 1. The first-order valence-electron chi connectivity index (χ1n) is 9.99. The summed E-state index contributed by atoms with van der Waals surface area (Å²) in [5, 5.41) is 3.45. The zero-order valence-corrected chi connectivity index (χ0v) is 16.9. The maximum Gasteiger partial charge on any atom is 0.310 e. The minimum absolute atomic E-state index is 0.0605. The van der Waals surface area contributed by atoms with Gasteiger partial charge in [-0.25, -0.2) is 0 Å². The summed E-state index contributed by atoms with van der Waals surface area (Å²) in [6.07, 6.45) is 2.04. The van der Waals surface area contributed by atoms with Gasteiger partial charge in [0.05, 0.1) is 25.2 Å². The fourth-order valence-corrected chi connectivity index (χ4v) is 3.75. The molecule has 7 heteroatoms. The van der Waals surface area contributed by atoms with Crippen LogP contribution in [0, 0.1) is 11.8 Å². The Morgan fingerprint density at radius 3 is 2.85 bits per heavy atom. The molecule has 0 aromatic heterocycles. The summed E-state index contributed by atoms with van der Waals surface area (Å²) in [4.78, 5) is 21.1. The van der Waals surface area contributed by atoms with Crippen molar-refractivity contribution in [2.45, 2.75) is 39.7 Å². The number of guanidine groups is 1. The highest BCUT2D eigenvalue weighted by atomic mass is 16.5. The highest BCUT2D eigenvalue weighted by molar-refractivity contribution is 5.81. The summed E-state index contributed by atoms with van der Waals surface area (Å²) in [5.74, 6) is 1.37. The van der Waals surface area contributed by atoms with Crippen LogP contribution in [-0.4, -0.2) is 87.4 Å². The standard InChI is InChI=1S/C19H36N4O3/c1-5-25-18(24)16-7-6-8-23(13-16)19(20-4)21-11-17-14-22(9-10-26-17)12-15(2)3/h15-17H,5-14H2,1-4H3,(H,20,21)/t16-,17?/m1/s1. The zero-order chi connectivity index (χ0) is 18.9. The lowest BCUT2D eigenvalue weighted by molar-refractivity contribution is -0.149. The molecular weight excluding hydrogens is 332 g/mol. The van der Waals surface area contributed by atoms with Gasteiger partial charge in [-0.05, 0) is 25.7 Å². The summed E-state index contributed by atoms with van der Waals surface area (Å²) in [7, 11) is 1.79. The molecule has 2 aliphatic rings. The molecule has 0 aliphatic carbocycles. The van der Waals surface area contributed by atoms with Gasteiger partial charge < -0.3 is 19.7 Å². The third-order valence-corrected chi connectivity index (χ3v) is 4.89. The van der Waals surface area contributed by atoms with Crippen LogP contribution in [0.1, 0.15) is 33.6 Å². The van der Waals surface area contributed by atoms with E-state index in [9.17, 15) is 4.79 Å². The Morgan fingerprint density at radius 2 is 2.15 bits per heavy atom. The fraction of sp³-hybridized carbons (Fsp3) is 0.895. The first-order valence-corrected chi connectivity index (χ1v) is 9.99. The van der Waals surface area contributed by atoms with E-state index in [1.807, 2.05) is 6.92 Å². The number of hydrogen-bond donors (Lipinski definition) is 1. The van der Waals surface area contributed by atoms with Crippen molar-refractivity contribution in [3.63, 3.8) is 0 Å². The van der Waals surface area contributed by atoms with Crippen molar-refractivity contribution >= 4 is 11.9 Å². The van der Waals surface area contributed by atoms with Gasteiger partial charge in [0.15, 0.2) is 5.96 Å². The molecule has 2 rings (SSSR count). The van der Waals surface area contributed by atoms with Crippen LogP contribution in [0.2, 0.25) is 0 Å². The topological polar surface area (TPSA) is 66.4 Å². The predicted octanol–water partition coefficient (Wildman–Crippen LogP) is 1.19. The predicted molar refractivity (Wildman–Crippen MR) is 103 cm³/mol. The maximum atomic E-state index is 12.0. The molecule has 7 nitrogen and oxygen atoms in total. The van der Waals surface area contributed by atoms with E-state index >= 15 is 0 Å². The number of likely N-dealkylation sites (tertiary alicyclic amines) is 1. The second-order valence-electron chi connectivity index (χ2n) is 7.61. The van der Waals surface area contributed by atoms with E-state index in [-0.39, 0.29) is 18.0 Å². The number of hydrogen-bond acceptors (Lipinski definition) is 5. The number of nitrogens with zero attached hydrogens (tertiary/aromatic N) is 3. The molecule has 0 spiro atoms. The molecule has 150 valence electrons. The number of ether oxygens (including phenoxy) is 2. The van der Waals surface area contributed by atoms with E-state index in [2.05, 4.69) is 34.0 Å². The molecule has 2 atom stereocenters. The monoisotopic (exact) mass is 368 g/mol. The van der Waals surface area contributed by atoms with Crippen molar-refractivity contribution in [2.75, 3.05) is 59.5 Å². The second kappa shape index (κ2) is 10.7. The normalized spacial score (nSPS) is 25.4. The van der Waals surface area contributed by atoms with Crippen LogP contribution in [0.15, 0.2) is 4.99 Å². The summed E-state index contributed by atoms with van der Waals surface area (Å²) in [5.41, 5.74) is 0. The summed E-state index contributed by atoms with van der Waals surface area (Å²) in [6.45, 7) is 13.0. The quantitative estimate of drug-likeness (QED) is 0.432. The molecule has 0 radical (unpaired) electrons. The number of carbonyl (C=O) groups excluding carboxylic acids is 1. The van der Waals surface area contributed by atoms with Gasteiger partial charge in [-0.1, -0.05) is 13.8 Å². The lowest BCUT2D eigenvalue weighted by Gasteiger charge is -2.36. The van der Waals surface area contributed by atoms with Crippen LogP contribution in [0.5, 0.6) is 0 Å². The molecule has 0 aromatic carbocycles. The highest BCUT2D eigenvalue weighted by Gasteiger charge is 2.29. The number of aliphatic imine (C=N–C) groups is 1. The van der Waals surface area contributed by atoms with Crippen molar-refractivity contribution in [3.05, 3.63) is 0 Å². The summed E-state index contributed by atoms with van der Waals surface area (Å²) >= 11 is 0. The number of morpholine rings is 1.